The highest BCUT2D eigenvalue weighted by Crippen LogP contribution is 2.26. The smallest absolute Gasteiger partial charge is 0.0115 e. The molecular weight excluding hydrogens is 192 g/mol. The van der Waals surface area contributed by atoms with Gasteiger partial charge in [0.25, 0.3) is 0 Å². The average molecular weight is 208 g/mol. The number of hydrogen-bond donors (Lipinski definition) is 0. The Labute approximate surface area is 97.3 Å². The molecule has 0 saturated carbocycles. The van der Waals surface area contributed by atoms with Crippen molar-refractivity contribution in [3.8, 4) is 0 Å². The maximum absolute atomic E-state index is 3.90. The molecule has 0 saturated heterocycles. The molecule has 0 aromatic heterocycles. The monoisotopic (exact) mass is 208 g/mol. The van der Waals surface area contributed by atoms with Crippen molar-refractivity contribution in [1.82, 2.24) is 0 Å². The van der Waals surface area contributed by atoms with Crippen molar-refractivity contribution in [2.24, 2.45) is 0 Å². The van der Waals surface area contributed by atoms with Crippen molar-refractivity contribution in [2.45, 2.75) is 13.3 Å². The van der Waals surface area contributed by atoms with Crippen molar-refractivity contribution in [3.05, 3.63) is 77.9 Å². The molecule has 16 heavy (non-hydrogen) atoms. The van der Waals surface area contributed by atoms with Gasteiger partial charge in [-0.2, -0.15) is 0 Å². The van der Waals surface area contributed by atoms with Crippen LogP contribution in [0.5, 0.6) is 0 Å². The molecule has 0 fully saturated rings. The molecule has 0 atom stereocenters. The molecule has 0 bridgehead atoms. The molecule has 1 aromatic rings. The first-order chi connectivity index (χ1) is 7.81. The summed E-state index contributed by atoms with van der Waals surface area (Å²) in [6, 6.07) is 10.4. The lowest BCUT2D eigenvalue weighted by atomic mass is 9.99. The van der Waals surface area contributed by atoms with Gasteiger partial charge in [-0.1, -0.05) is 66.8 Å². The molecule has 1 aliphatic carbocycles. The molecule has 0 heterocycles. The number of benzene rings is 1. The summed E-state index contributed by atoms with van der Waals surface area (Å²) < 4.78 is 0. The van der Waals surface area contributed by atoms with Crippen LogP contribution in [0.15, 0.2) is 72.4 Å². The van der Waals surface area contributed by atoms with Gasteiger partial charge in [0, 0.05) is 0 Å². The fraction of sp³-hybridized carbons (Fsp3) is 0.125. The Morgan fingerprint density at radius 3 is 2.62 bits per heavy atom. The van der Waals surface area contributed by atoms with Crippen molar-refractivity contribution in [1.29, 1.82) is 0 Å². The second-order valence-corrected chi connectivity index (χ2v) is 4.04. The summed E-state index contributed by atoms with van der Waals surface area (Å²) >= 11 is 0. The van der Waals surface area contributed by atoms with Crippen LogP contribution in [0.4, 0.5) is 0 Å². The van der Waals surface area contributed by atoms with Gasteiger partial charge in [-0.15, -0.1) is 0 Å². The first kappa shape index (κ1) is 10.7. The number of rotatable bonds is 2. The lowest BCUT2D eigenvalue weighted by molar-refractivity contribution is 1.22. The van der Waals surface area contributed by atoms with Crippen LogP contribution >= 0.6 is 0 Å². The van der Waals surface area contributed by atoms with Gasteiger partial charge in [0.15, 0.2) is 0 Å². The predicted molar refractivity (Wildman–Crippen MR) is 71.1 cm³/mol. The fourth-order valence-electron chi connectivity index (χ4n) is 1.91. The van der Waals surface area contributed by atoms with Crippen LogP contribution in [-0.2, 0) is 0 Å². The van der Waals surface area contributed by atoms with E-state index in [-0.39, 0.29) is 0 Å². The van der Waals surface area contributed by atoms with E-state index in [2.05, 4.69) is 56.0 Å². The maximum Gasteiger partial charge on any atom is -0.0115 e. The van der Waals surface area contributed by atoms with Gasteiger partial charge in [0.1, 0.15) is 0 Å². The second kappa shape index (κ2) is 4.80. The molecule has 80 valence electrons. The van der Waals surface area contributed by atoms with E-state index in [1.54, 1.807) is 0 Å². The summed E-state index contributed by atoms with van der Waals surface area (Å²) in [5.41, 5.74) is 5.08. The predicted octanol–water partition coefficient (Wildman–Crippen LogP) is 4.53. The summed E-state index contributed by atoms with van der Waals surface area (Å²) in [7, 11) is 0. The minimum atomic E-state index is 1.02. The molecule has 0 amide bonds. The van der Waals surface area contributed by atoms with Gasteiger partial charge in [-0.3, -0.25) is 0 Å². The van der Waals surface area contributed by atoms with Crippen LogP contribution in [0.3, 0.4) is 0 Å². The SMILES string of the molecule is C=CC1=C(c2ccccc2)C=CCC(C)=C1. The lowest BCUT2D eigenvalue weighted by Gasteiger charge is -2.05. The van der Waals surface area contributed by atoms with Crippen LogP contribution in [0.2, 0.25) is 0 Å². The lowest BCUT2D eigenvalue weighted by Crippen LogP contribution is -1.84. The van der Waals surface area contributed by atoms with Gasteiger partial charge in [-0.05, 0) is 30.1 Å². The topological polar surface area (TPSA) is 0 Å². The molecular formula is C16H16. The Morgan fingerprint density at radius 2 is 1.94 bits per heavy atom. The Kier molecular flexibility index (Phi) is 3.21. The third kappa shape index (κ3) is 2.22. The summed E-state index contributed by atoms with van der Waals surface area (Å²) in [6.07, 6.45) is 9.58. The second-order valence-electron chi connectivity index (χ2n) is 4.04. The number of hydrogen-bond acceptors (Lipinski definition) is 0. The van der Waals surface area contributed by atoms with E-state index < -0.39 is 0 Å². The third-order valence-corrected chi connectivity index (χ3v) is 2.74. The van der Waals surface area contributed by atoms with Gasteiger partial charge in [-0.25, -0.2) is 0 Å². The van der Waals surface area contributed by atoms with Gasteiger partial charge in [0.05, 0.1) is 0 Å². The van der Waals surface area contributed by atoms with Gasteiger partial charge < -0.3 is 0 Å². The van der Waals surface area contributed by atoms with Crippen molar-refractivity contribution in [2.75, 3.05) is 0 Å². The van der Waals surface area contributed by atoms with Crippen molar-refractivity contribution >= 4 is 5.57 Å². The molecule has 0 aliphatic heterocycles. The molecule has 1 aromatic carbocycles. The summed E-state index contributed by atoms with van der Waals surface area (Å²) in [4.78, 5) is 0. The minimum Gasteiger partial charge on any atom is -0.0984 e. The zero-order chi connectivity index (χ0) is 11.4. The highest BCUT2D eigenvalue weighted by molar-refractivity contribution is 5.81. The molecule has 2 rings (SSSR count). The molecule has 0 unspecified atom stereocenters. The molecule has 1 aliphatic rings. The van der Waals surface area contributed by atoms with Crippen molar-refractivity contribution < 1.29 is 0 Å². The Morgan fingerprint density at radius 1 is 1.19 bits per heavy atom. The molecule has 0 spiro atoms. The third-order valence-electron chi connectivity index (χ3n) is 2.74. The van der Waals surface area contributed by atoms with Crippen LogP contribution in [-0.4, -0.2) is 0 Å². The Hall–Kier alpha value is -1.82. The fourth-order valence-corrected chi connectivity index (χ4v) is 1.91. The van der Waals surface area contributed by atoms with Gasteiger partial charge in [0.2, 0.25) is 0 Å². The zero-order valence-electron chi connectivity index (χ0n) is 9.61. The average Bonchev–Trinajstić information content (AvgIpc) is 2.51. The first-order valence-electron chi connectivity index (χ1n) is 5.57. The highest BCUT2D eigenvalue weighted by atomic mass is 14.1. The summed E-state index contributed by atoms with van der Waals surface area (Å²) in [5.74, 6) is 0. The molecule has 0 nitrogen and oxygen atoms in total. The minimum absolute atomic E-state index is 1.02. The van der Waals surface area contributed by atoms with Crippen LogP contribution in [0.1, 0.15) is 18.9 Å². The standard InChI is InChI=1S/C16H16/c1-3-14-12-13(2)8-7-11-16(14)15-9-5-4-6-10-15/h3-7,9-12H,1,8H2,2H3. The molecule has 0 heteroatoms. The molecule has 0 radical (unpaired) electrons. The van der Waals surface area contributed by atoms with Crippen LogP contribution in [0.25, 0.3) is 5.57 Å². The molecule has 0 N–H and O–H groups in total. The Balaban J connectivity index is 2.56. The zero-order valence-corrected chi connectivity index (χ0v) is 9.61. The van der Waals surface area contributed by atoms with Crippen LogP contribution in [0, 0.1) is 0 Å². The quantitative estimate of drug-likeness (QED) is 0.669. The van der Waals surface area contributed by atoms with E-state index in [0.29, 0.717) is 0 Å². The van der Waals surface area contributed by atoms with E-state index in [1.807, 2.05) is 12.1 Å². The normalized spacial score (nSPS) is 15.7. The van der Waals surface area contributed by atoms with Gasteiger partial charge >= 0.3 is 0 Å². The largest absolute Gasteiger partial charge is 0.0984 e. The number of allylic oxidation sites excluding steroid dienone is 7. The Bertz CT molecular complexity index is 470. The van der Waals surface area contributed by atoms with E-state index >= 15 is 0 Å². The summed E-state index contributed by atoms with van der Waals surface area (Å²) in [6.45, 7) is 6.05. The highest BCUT2D eigenvalue weighted by Gasteiger charge is 2.05. The van der Waals surface area contributed by atoms with Crippen LogP contribution < -0.4 is 0 Å². The maximum atomic E-state index is 3.90. The summed E-state index contributed by atoms with van der Waals surface area (Å²) in [5, 5.41) is 0. The van der Waals surface area contributed by atoms with Crippen molar-refractivity contribution in [3.63, 3.8) is 0 Å². The van der Waals surface area contributed by atoms with E-state index in [0.717, 1.165) is 6.42 Å². The van der Waals surface area contributed by atoms with E-state index in [9.17, 15) is 0 Å². The van der Waals surface area contributed by atoms with E-state index in [1.165, 1.54) is 22.3 Å². The first-order valence-corrected chi connectivity index (χ1v) is 5.57. The van der Waals surface area contributed by atoms with E-state index in [4.69, 9.17) is 0 Å².